The van der Waals surface area contributed by atoms with Gasteiger partial charge in [0.15, 0.2) is 11.5 Å². The predicted molar refractivity (Wildman–Crippen MR) is 104 cm³/mol. The summed E-state index contributed by atoms with van der Waals surface area (Å²) in [6, 6.07) is 9.58. The highest BCUT2D eigenvalue weighted by Crippen LogP contribution is 2.38. The molecular formula is C19H19N5O5. The molecule has 1 heterocycles. The van der Waals surface area contributed by atoms with Gasteiger partial charge in [-0.05, 0) is 30.3 Å². The minimum absolute atomic E-state index is 0.304. The maximum Gasteiger partial charge on any atom is 0.270 e. The van der Waals surface area contributed by atoms with Crippen molar-refractivity contribution in [1.82, 2.24) is 14.9 Å². The third-order valence-corrected chi connectivity index (χ3v) is 3.96. The fourth-order valence-electron chi connectivity index (χ4n) is 2.59. The number of rotatable bonds is 7. The van der Waals surface area contributed by atoms with E-state index in [2.05, 4.69) is 20.9 Å². The number of anilines is 1. The van der Waals surface area contributed by atoms with Gasteiger partial charge in [-0.25, -0.2) is 4.68 Å². The first-order chi connectivity index (χ1) is 14.0. The molecule has 0 unspecified atom stereocenters. The summed E-state index contributed by atoms with van der Waals surface area (Å²) in [5.41, 5.74) is 3.68. The lowest BCUT2D eigenvalue weighted by atomic mass is 10.1. The van der Waals surface area contributed by atoms with Crippen LogP contribution in [0.5, 0.6) is 17.2 Å². The molecule has 2 N–H and O–H groups in total. The molecule has 1 aromatic heterocycles. The lowest BCUT2D eigenvalue weighted by Gasteiger charge is -2.14. The summed E-state index contributed by atoms with van der Waals surface area (Å²) < 4.78 is 17.1. The van der Waals surface area contributed by atoms with Crippen molar-refractivity contribution in [3.8, 4) is 17.2 Å². The Kier molecular flexibility index (Phi) is 5.93. The van der Waals surface area contributed by atoms with E-state index in [4.69, 9.17) is 14.2 Å². The van der Waals surface area contributed by atoms with Crippen molar-refractivity contribution in [2.45, 2.75) is 0 Å². The molecule has 10 heteroatoms. The second-order valence-corrected chi connectivity index (χ2v) is 5.76. The van der Waals surface area contributed by atoms with Crippen molar-refractivity contribution in [3.05, 3.63) is 60.2 Å². The van der Waals surface area contributed by atoms with Crippen LogP contribution in [0.4, 0.5) is 5.69 Å². The summed E-state index contributed by atoms with van der Waals surface area (Å²) in [4.78, 5) is 25.0. The molecule has 3 aromatic rings. The smallest absolute Gasteiger partial charge is 0.270 e. The van der Waals surface area contributed by atoms with E-state index in [1.165, 1.54) is 38.7 Å². The number of benzene rings is 2. The summed E-state index contributed by atoms with van der Waals surface area (Å²) in [5, 5.41) is 9.97. The number of ether oxygens (including phenoxy) is 3. The van der Waals surface area contributed by atoms with Gasteiger partial charge < -0.3 is 19.5 Å². The minimum Gasteiger partial charge on any atom is -0.493 e. The SMILES string of the molecule is COc1cc(C(=O)Nc2cccc(C(=O)Nn3cnnc3)c2)cc(OC)c1OC. The Morgan fingerprint density at radius 1 is 0.862 bits per heavy atom. The molecule has 0 fully saturated rings. The minimum atomic E-state index is -0.402. The highest BCUT2D eigenvalue weighted by Gasteiger charge is 2.17. The normalized spacial score (nSPS) is 10.2. The Morgan fingerprint density at radius 2 is 1.52 bits per heavy atom. The van der Waals surface area contributed by atoms with Gasteiger partial charge in [0.25, 0.3) is 11.8 Å². The summed E-state index contributed by atoms with van der Waals surface area (Å²) in [6.45, 7) is 0. The van der Waals surface area contributed by atoms with Crippen LogP contribution in [-0.2, 0) is 0 Å². The summed E-state index contributed by atoms with van der Waals surface area (Å²) in [6.07, 6.45) is 2.71. The van der Waals surface area contributed by atoms with Gasteiger partial charge in [0.1, 0.15) is 12.7 Å². The van der Waals surface area contributed by atoms with Crippen LogP contribution in [0.15, 0.2) is 49.1 Å². The average Bonchev–Trinajstić information content (AvgIpc) is 3.25. The number of nitrogens with zero attached hydrogens (tertiary/aromatic N) is 3. The number of nitrogens with one attached hydrogen (secondary N) is 2. The zero-order valence-corrected chi connectivity index (χ0v) is 16.0. The first-order valence-electron chi connectivity index (χ1n) is 8.43. The number of aromatic nitrogens is 3. The topological polar surface area (TPSA) is 117 Å². The molecule has 0 spiro atoms. The Balaban J connectivity index is 1.80. The second-order valence-electron chi connectivity index (χ2n) is 5.76. The van der Waals surface area contributed by atoms with Gasteiger partial charge in [-0.3, -0.25) is 15.0 Å². The number of hydrogen-bond acceptors (Lipinski definition) is 7. The van der Waals surface area contributed by atoms with Gasteiger partial charge in [-0.15, -0.1) is 10.2 Å². The molecule has 0 aliphatic rings. The number of hydrogen-bond donors (Lipinski definition) is 2. The molecule has 0 aliphatic carbocycles. The Hall–Kier alpha value is -4.08. The van der Waals surface area contributed by atoms with Crippen LogP contribution < -0.4 is 25.0 Å². The molecule has 29 heavy (non-hydrogen) atoms. The van der Waals surface area contributed by atoms with E-state index in [-0.39, 0.29) is 5.91 Å². The molecule has 0 saturated carbocycles. The van der Waals surface area contributed by atoms with E-state index in [9.17, 15) is 9.59 Å². The van der Waals surface area contributed by atoms with Crippen molar-refractivity contribution in [2.24, 2.45) is 0 Å². The summed E-state index contributed by atoms with van der Waals surface area (Å²) in [5.74, 6) is 0.326. The Labute approximate surface area is 166 Å². The molecule has 0 radical (unpaired) electrons. The van der Waals surface area contributed by atoms with E-state index in [0.717, 1.165) is 0 Å². The lowest BCUT2D eigenvalue weighted by molar-refractivity contribution is 0.100. The maximum atomic E-state index is 12.7. The zero-order chi connectivity index (χ0) is 20.8. The van der Waals surface area contributed by atoms with Crippen LogP contribution in [0.25, 0.3) is 0 Å². The largest absolute Gasteiger partial charge is 0.493 e. The summed E-state index contributed by atoms with van der Waals surface area (Å²) in [7, 11) is 4.42. The van der Waals surface area contributed by atoms with Crippen LogP contribution in [0, 0.1) is 0 Å². The van der Waals surface area contributed by atoms with Crippen LogP contribution in [-0.4, -0.2) is 48.0 Å². The predicted octanol–water partition coefficient (Wildman–Crippen LogP) is 1.94. The van der Waals surface area contributed by atoms with E-state index < -0.39 is 5.91 Å². The Bertz CT molecular complexity index is 995. The molecule has 3 rings (SSSR count). The fourth-order valence-corrected chi connectivity index (χ4v) is 2.59. The molecule has 0 saturated heterocycles. The van der Waals surface area contributed by atoms with Gasteiger partial charge in [-0.1, -0.05) is 6.07 Å². The van der Waals surface area contributed by atoms with Crippen LogP contribution in [0.2, 0.25) is 0 Å². The number of amides is 2. The molecule has 10 nitrogen and oxygen atoms in total. The van der Waals surface area contributed by atoms with Crippen molar-refractivity contribution in [2.75, 3.05) is 32.1 Å². The summed E-state index contributed by atoms with van der Waals surface area (Å²) >= 11 is 0. The molecule has 0 bridgehead atoms. The fraction of sp³-hybridized carbons (Fsp3) is 0.158. The van der Waals surface area contributed by atoms with Gasteiger partial charge in [-0.2, -0.15) is 0 Å². The van der Waals surface area contributed by atoms with Crippen molar-refractivity contribution in [1.29, 1.82) is 0 Å². The van der Waals surface area contributed by atoms with Crippen molar-refractivity contribution in [3.63, 3.8) is 0 Å². The first kappa shape index (κ1) is 19.7. The van der Waals surface area contributed by atoms with Crippen molar-refractivity contribution >= 4 is 17.5 Å². The highest BCUT2D eigenvalue weighted by molar-refractivity contribution is 6.06. The van der Waals surface area contributed by atoms with Crippen LogP contribution in [0.3, 0.4) is 0 Å². The molecule has 0 aliphatic heterocycles. The Morgan fingerprint density at radius 3 is 2.10 bits per heavy atom. The second kappa shape index (κ2) is 8.74. The number of methoxy groups -OCH3 is 3. The first-order valence-corrected chi connectivity index (χ1v) is 8.43. The zero-order valence-electron chi connectivity index (χ0n) is 16.0. The standard InChI is InChI=1S/C19H19N5O5/c1-27-15-8-13(9-16(28-2)17(15)29-3)18(25)22-14-6-4-5-12(7-14)19(26)23-24-10-20-21-11-24/h4-11H,1-3H3,(H,22,25)(H,23,26). The highest BCUT2D eigenvalue weighted by atomic mass is 16.5. The van der Waals surface area contributed by atoms with E-state index in [1.54, 1.807) is 36.4 Å². The molecule has 0 atom stereocenters. The molecule has 2 aromatic carbocycles. The van der Waals surface area contributed by atoms with Gasteiger partial charge in [0.2, 0.25) is 5.75 Å². The van der Waals surface area contributed by atoms with Gasteiger partial charge in [0.05, 0.1) is 21.3 Å². The van der Waals surface area contributed by atoms with E-state index >= 15 is 0 Å². The quantitative estimate of drug-likeness (QED) is 0.626. The third kappa shape index (κ3) is 4.43. The van der Waals surface area contributed by atoms with E-state index in [1.807, 2.05) is 0 Å². The monoisotopic (exact) mass is 397 g/mol. The maximum absolute atomic E-state index is 12.7. The van der Waals surface area contributed by atoms with Crippen molar-refractivity contribution < 1.29 is 23.8 Å². The molecule has 150 valence electrons. The lowest BCUT2D eigenvalue weighted by Crippen LogP contribution is -2.21. The molecular weight excluding hydrogens is 378 g/mol. The van der Waals surface area contributed by atoms with Crippen LogP contribution >= 0.6 is 0 Å². The average molecular weight is 397 g/mol. The van der Waals surface area contributed by atoms with Crippen LogP contribution in [0.1, 0.15) is 20.7 Å². The molecule has 2 amide bonds. The third-order valence-electron chi connectivity index (χ3n) is 3.96. The van der Waals surface area contributed by atoms with E-state index in [0.29, 0.717) is 34.1 Å². The number of carbonyl (C=O) groups is 2. The van der Waals surface area contributed by atoms with Gasteiger partial charge >= 0.3 is 0 Å². The number of carbonyl (C=O) groups excluding carboxylic acids is 2. The van der Waals surface area contributed by atoms with Gasteiger partial charge in [0, 0.05) is 16.8 Å².